The molecule has 0 saturated heterocycles. The Labute approximate surface area is 128 Å². The first kappa shape index (κ1) is 14.6. The molecule has 19 heavy (non-hydrogen) atoms. The molecule has 0 fully saturated rings. The van der Waals surface area contributed by atoms with E-state index in [1.165, 1.54) is 4.90 Å². The average molecular weight is 356 g/mol. The summed E-state index contributed by atoms with van der Waals surface area (Å²) in [7, 11) is -1.04. The summed E-state index contributed by atoms with van der Waals surface area (Å²) < 4.78 is 13.1. The van der Waals surface area contributed by atoms with Crippen molar-refractivity contribution in [1.82, 2.24) is 0 Å². The van der Waals surface area contributed by atoms with E-state index >= 15 is 0 Å². The summed E-state index contributed by atoms with van der Waals surface area (Å²) in [6.07, 6.45) is 0. The van der Waals surface area contributed by atoms with Crippen LogP contribution in [0.2, 0.25) is 0 Å². The molecule has 2 aromatic carbocycles. The first-order valence-electron chi connectivity index (χ1n) is 5.78. The lowest BCUT2D eigenvalue weighted by Gasteiger charge is -2.06. The Morgan fingerprint density at radius 2 is 1.89 bits per heavy atom. The number of halogens is 1. The highest BCUT2D eigenvalue weighted by Gasteiger charge is 2.08. The summed E-state index contributed by atoms with van der Waals surface area (Å²) >= 11 is 5.05. The quantitative estimate of drug-likeness (QED) is 0.652. The highest BCUT2D eigenvalue weighted by Crippen LogP contribution is 2.23. The molecule has 0 bridgehead atoms. The zero-order valence-corrected chi connectivity index (χ0v) is 13.4. The molecule has 2 N–H and O–H groups in total. The average Bonchev–Trinajstić information content (AvgIpc) is 2.39. The zero-order chi connectivity index (χ0) is 13.7. The van der Waals surface area contributed by atoms with Crippen LogP contribution in [-0.4, -0.2) is 15.7 Å². The molecule has 2 nitrogen and oxygen atoms in total. The van der Waals surface area contributed by atoms with Crippen molar-refractivity contribution in [3.05, 3.63) is 53.0 Å². The number of anilines is 1. The molecule has 0 aliphatic carbocycles. The fourth-order valence-electron chi connectivity index (χ4n) is 1.59. The standard InChI is InChI=1S/C14H14BrNOS2/c15-11-6-7-14(13(16)10-11)19(17)9-8-18-12-4-2-1-3-5-12/h1-7,10H,8-9,16H2. The molecule has 100 valence electrons. The maximum absolute atomic E-state index is 12.2. The van der Waals surface area contributed by atoms with Crippen LogP contribution in [0.25, 0.3) is 0 Å². The van der Waals surface area contributed by atoms with Gasteiger partial charge in [0.1, 0.15) is 0 Å². The smallest absolute Gasteiger partial charge is 0.0618 e. The predicted molar refractivity (Wildman–Crippen MR) is 87.0 cm³/mol. The van der Waals surface area contributed by atoms with Gasteiger partial charge < -0.3 is 5.73 Å². The number of rotatable bonds is 5. The third kappa shape index (κ3) is 4.37. The van der Waals surface area contributed by atoms with E-state index in [0.717, 1.165) is 15.1 Å². The van der Waals surface area contributed by atoms with Crippen molar-refractivity contribution in [2.24, 2.45) is 0 Å². The number of hydrogen-bond acceptors (Lipinski definition) is 3. The molecule has 2 aromatic rings. The molecule has 1 unspecified atom stereocenters. The minimum atomic E-state index is -1.04. The Morgan fingerprint density at radius 3 is 2.58 bits per heavy atom. The van der Waals surface area contributed by atoms with E-state index in [4.69, 9.17) is 5.73 Å². The van der Waals surface area contributed by atoms with Crippen LogP contribution in [0.1, 0.15) is 0 Å². The van der Waals surface area contributed by atoms with Crippen LogP contribution in [0.3, 0.4) is 0 Å². The van der Waals surface area contributed by atoms with Gasteiger partial charge >= 0.3 is 0 Å². The molecule has 0 aliphatic heterocycles. The van der Waals surface area contributed by atoms with E-state index < -0.39 is 10.8 Å². The second-order valence-corrected chi connectivity index (χ2v) is 7.52. The number of nitrogens with two attached hydrogens (primary N) is 1. The number of benzene rings is 2. The summed E-state index contributed by atoms with van der Waals surface area (Å²) in [5.41, 5.74) is 6.46. The van der Waals surface area contributed by atoms with Gasteiger partial charge in [-0.15, -0.1) is 11.8 Å². The van der Waals surface area contributed by atoms with E-state index in [1.54, 1.807) is 17.8 Å². The van der Waals surface area contributed by atoms with Crippen LogP contribution in [0.4, 0.5) is 5.69 Å². The van der Waals surface area contributed by atoms with Gasteiger partial charge in [0.05, 0.1) is 15.7 Å². The van der Waals surface area contributed by atoms with Gasteiger partial charge in [-0.3, -0.25) is 4.21 Å². The van der Waals surface area contributed by atoms with Crippen molar-refractivity contribution >= 4 is 44.2 Å². The van der Waals surface area contributed by atoms with Gasteiger partial charge in [-0.05, 0) is 30.3 Å². The number of hydrogen-bond donors (Lipinski definition) is 1. The Bertz CT molecular complexity index is 575. The number of nitrogen functional groups attached to an aromatic ring is 1. The van der Waals surface area contributed by atoms with Crippen molar-refractivity contribution in [3.8, 4) is 0 Å². The maximum atomic E-state index is 12.2. The molecular formula is C14H14BrNOS2. The Balaban J connectivity index is 1.91. The summed E-state index contributed by atoms with van der Waals surface area (Å²) in [5.74, 6) is 1.41. The Morgan fingerprint density at radius 1 is 1.16 bits per heavy atom. The van der Waals surface area contributed by atoms with E-state index in [9.17, 15) is 4.21 Å². The highest BCUT2D eigenvalue weighted by molar-refractivity contribution is 9.10. The third-order valence-corrected chi connectivity index (χ3v) is 5.70. The van der Waals surface area contributed by atoms with Gasteiger partial charge in [0.25, 0.3) is 0 Å². The summed E-state index contributed by atoms with van der Waals surface area (Å²) in [4.78, 5) is 1.92. The fraction of sp³-hybridized carbons (Fsp3) is 0.143. The van der Waals surface area contributed by atoms with E-state index in [0.29, 0.717) is 11.4 Å². The molecule has 0 aliphatic rings. The van der Waals surface area contributed by atoms with Gasteiger partial charge in [0, 0.05) is 26.6 Å². The molecule has 0 heterocycles. The van der Waals surface area contributed by atoms with Crippen LogP contribution in [0, 0.1) is 0 Å². The predicted octanol–water partition coefficient (Wildman–Crippen LogP) is 3.93. The normalized spacial score (nSPS) is 12.3. The molecule has 0 radical (unpaired) electrons. The Kier molecular flexibility index (Phi) is 5.48. The second kappa shape index (κ2) is 7.12. The molecule has 1 atom stereocenters. The van der Waals surface area contributed by atoms with Crippen LogP contribution < -0.4 is 5.73 Å². The van der Waals surface area contributed by atoms with Gasteiger partial charge in [0.15, 0.2) is 0 Å². The molecule has 0 spiro atoms. The molecule has 5 heteroatoms. The van der Waals surface area contributed by atoms with Crippen LogP contribution in [-0.2, 0) is 10.8 Å². The van der Waals surface area contributed by atoms with E-state index in [-0.39, 0.29) is 0 Å². The van der Waals surface area contributed by atoms with Crippen molar-refractivity contribution in [1.29, 1.82) is 0 Å². The maximum Gasteiger partial charge on any atom is 0.0618 e. The fourth-order valence-corrected chi connectivity index (χ4v) is 4.25. The second-order valence-electron chi connectivity index (χ2n) is 3.89. The molecule has 0 amide bonds. The topological polar surface area (TPSA) is 43.1 Å². The first-order chi connectivity index (χ1) is 9.16. The molecule has 0 aromatic heterocycles. The SMILES string of the molecule is Nc1cc(Br)ccc1S(=O)CCSc1ccccc1. The largest absolute Gasteiger partial charge is 0.398 e. The van der Waals surface area contributed by atoms with Crippen molar-refractivity contribution < 1.29 is 4.21 Å². The minimum absolute atomic E-state index is 0.581. The Hall–Kier alpha value is -0.780. The van der Waals surface area contributed by atoms with E-state index in [1.807, 2.05) is 30.3 Å². The van der Waals surface area contributed by atoms with Gasteiger partial charge in [-0.1, -0.05) is 34.1 Å². The zero-order valence-electron chi connectivity index (χ0n) is 10.2. The monoisotopic (exact) mass is 355 g/mol. The molecule has 0 saturated carbocycles. The lowest BCUT2D eigenvalue weighted by molar-refractivity contribution is 0.684. The molecular weight excluding hydrogens is 342 g/mol. The van der Waals surface area contributed by atoms with Gasteiger partial charge in [0.2, 0.25) is 0 Å². The number of thioether (sulfide) groups is 1. The molecule has 2 rings (SSSR count). The lowest BCUT2D eigenvalue weighted by Crippen LogP contribution is -2.04. The van der Waals surface area contributed by atoms with Gasteiger partial charge in [-0.2, -0.15) is 0 Å². The summed E-state index contributed by atoms with van der Waals surface area (Å²) in [5, 5.41) is 0. The van der Waals surface area contributed by atoms with Crippen LogP contribution in [0.5, 0.6) is 0 Å². The van der Waals surface area contributed by atoms with Crippen molar-refractivity contribution in [2.45, 2.75) is 9.79 Å². The lowest BCUT2D eigenvalue weighted by atomic mass is 10.3. The summed E-state index contributed by atoms with van der Waals surface area (Å²) in [6.45, 7) is 0. The first-order valence-corrected chi connectivity index (χ1v) is 8.88. The van der Waals surface area contributed by atoms with E-state index in [2.05, 4.69) is 28.1 Å². The minimum Gasteiger partial charge on any atom is -0.398 e. The van der Waals surface area contributed by atoms with Crippen molar-refractivity contribution in [3.63, 3.8) is 0 Å². The summed E-state index contributed by atoms with van der Waals surface area (Å²) in [6, 6.07) is 15.6. The van der Waals surface area contributed by atoms with Crippen molar-refractivity contribution in [2.75, 3.05) is 17.2 Å². The van der Waals surface area contributed by atoms with Crippen LogP contribution in [0.15, 0.2) is 62.8 Å². The van der Waals surface area contributed by atoms with Crippen LogP contribution >= 0.6 is 27.7 Å². The highest BCUT2D eigenvalue weighted by atomic mass is 79.9. The van der Waals surface area contributed by atoms with Gasteiger partial charge in [-0.25, -0.2) is 0 Å². The third-order valence-electron chi connectivity index (χ3n) is 2.50.